The van der Waals surface area contributed by atoms with E-state index in [1.165, 1.54) is 23.9 Å². The van der Waals surface area contributed by atoms with Gasteiger partial charge in [-0.05, 0) is 12.1 Å². The molecule has 0 aliphatic carbocycles. The number of para-hydroxylation sites is 1. The molecule has 0 spiro atoms. The lowest BCUT2D eigenvalue weighted by Gasteiger charge is -2.05. The largest absolute Gasteiger partial charge is 0.325 e. The van der Waals surface area contributed by atoms with Crippen molar-refractivity contribution < 1.29 is 9.18 Å². The number of urea groups is 1. The Hall–Kier alpha value is -1.93. The molecule has 2 N–H and O–H groups in total. The highest BCUT2D eigenvalue weighted by molar-refractivity contribution is 7.99. The summed E-state index contributed by atoms with van der Waals surface area (Å²) in [6.45, 7) is 3.60. The van der Waals surface area contributed by atoms with Gasteiger partial charge in [-0.1, -0.05) is 30.0 Å². The maximum Gasteiger partial charge on any atom is 0.325 e. The van der Waals surface area contributed by atoms with Crippen molar-refractivity contribution >= 4 is 40.1 Å². The number of thioether (sulfide) groups is 1. The molecule has 2 rings (SSSR count). The first kappa shape index (κ1) is 14.5. The van der Waals surface area contributed by atoms with Crippen molar-refractivity contribution in [2.45, 2.75) is 5.16 Å². The van der Waals surface area contributed by atoms with E-state index in [4.69, 9.17) is 0 Å². The number of hydrogen-bond acceptors (Lipinski definition) is 5. The molecule has 5 nitrogen and oxygen atoms in total. The Morgan fingerprint density at radius 3 is 3.00 bits per heavy atom. The van der Waals surface area contributed by atoms with Crippen LogP contribution < -0.4 is 10.6 Å². The lowest BCUT2D eigenvalue weighted by atomic mass is 10.3. The monoisotopic (exact) mass is 310 g/mol. The predicted molar refractivity (Wildman–Crippen MR) is 79.9 cm³/mol. The van der Waals surface area contributed by atoms with E-state index in [9.17, 15) is 9.18 Å². The van der Waals surface area contributed by atoms with Crippen LogP contribution in [0.4, 0.5) is 20.0 Å². The number of rotatable bonds is 5. The minimum atomic E-state index is -0.563. The summed E-state index contributed by atoms with van der Waals surface area (Å²) in [5, 5.41) is 5.82. The zero-order valence-corrected chi connectivity index (χ0v) is 11.9. The van der Waals surface area contributed by atoms with Crippen molar-refractivity contribution in [2.75, 3.05) is 16.4 Å². The van der Waals surface area contributed by atoms with E-state index in [2.05, 4.69) is 26.6 Å². The molecule has 0 unspecified atom stereocenters. The molecule has 0 fully saturated rings. The van der Waals surface area contributed by atoms with E-state index in [0.717, 1.165) is 11.5 Å². The fraction of sp³-hybridized carbons (Fsp3) is 0.0833. The average Bonchev–Trinajstić information content (AvgIpc) is 2.86. The lowest BCUT2D eigenvalue weighted by Crippen LogP contribution is -2.19. The minimum absolute atomic E-state index is 0.107. The van der Waals surface area contributed by atoms with Crippen molar-refractivity contribution in [1.82, 2.24) is 9.36 Å². The van der Waals surface area contributed by atoms with E-state index in [1.54, 1.807) is 18.2 Å². The molecule has 2 amide bonds. The van der Waals surface area contributed by atoms with Crippen molar-refractivity contribution in [3.63, 3.8) is 0 Å². The summed E-state index contributed by atoms with van der Waals surface area (Å²) in [5.41, 5.74) is 0.107. The highest BCUT2D eigenvalue weighted by Gasteiger charge is 2.09. The number of aromatic nitrogens is 2. The summed E-state index contributed by atoms with van der Waals surface area (Å²) in [6, 6.07) is 5.36. The number of anilines is 2. The SMILES string of the molecule is C=CCSc1nsc(NC(=O)Nc2ccccc2F)n1. The summed E-state index contributed by atoms with van der Waals surface area (Å²) in [5.74, 6) is 0.194. The molecule has 20 heavy (non-hydrogen) atoms. The van der Waals surface area contributed by atoms with Gasteiger partial charge in [-0.25, -0.2) is 9.18 Å². The fourth-order valence-electron chi connectivity index (χ4n) is 1.27. The standard InChI is InChI=1S/C12H11FN4OS2/c1-2-7-19-12-16-11(20-17-12)15-10(18)14-9-6-4-3-5-8(9)13/h2-6H,1,7H2,(H2,14,15,16,17,18). The van der Waals surface area contributed by atoms with Crippen LogP contribution in [-0.2, 0) is 0 Å². The van der Waals surface area contributed by atoms with Gasteiger partial charge in [0.15, 0.2) is 0 Å². The second kappa shape index (κ2) is 7.01. The van der Waals surface area contributed by atoms with Gasteiger partial charge in [0.05, 0.1) is 5.69 Å². The van der Waals surface area contributed by atoms with Gasteiger partial charge in [0, 0.05) is 17.3 Å². The summed E-state index contributed by atoms with van der Waals surface area (Å²) < 4.78 is 17.4. The van der Waals surface area contributed by atoms with Crippen LogP contribution in [0.5, 0.6) is 0 Å². The second-order valence-electron chi connectivity index (χ2n) is 3.54. The number of halogens is 1. The van der Waals surface area contributed by atoms with Crippen molar-refractivity contribution in [2.24, 2.45) is 0 Å². The Bertz CT molecular complexity index is 617. The Morgan fingerprint density at radius 1 is 1.45 bits per heavy atom. The number of amides is 2. The first-order valence-corrected chi connectivity index (χ1v) is 7.35. The topological polar surface area (TPSA) is 66.9 Å². The number of nitrogens with one attached hydrogen (secondary N) is 2. The normalized spacial score (nSPS) is 10.1. The fourth-order valence-corrected chi connectivity index (χ4v) is 2.54. The van der Waals surface area contributed by atoms with Crippen LogP contribution in [-0.4, -0.2) is 21.1 Å². The van der Waals surface area contributed by atoms with E-state index in [-0.39, 0.29) is 5.69 Å². The summed E-state index contributed by atoms with van der Waals surface area (Å²) in [6.07, 6.45) is 1.74. The summed E-state index contributed by atoms with van der Waals surface area (Å²) in [7, 11) is 0. The molecule has 0 saturated heterocycles. The zero-order chi connectivity index (χ0) is 14.4. The predicted octanol–water partition coefficient (Wildman–Crippen LogP) is 3.60. The zero-order valence-electron chi connectivity index (χ0n) is 10.3. The Labute approximate surface area is 123 Å². The van der Waals surface area contributed by atoms with E-state index in [1.807, 2.05) is 0 Å². The van der Waals surface area contributed by atoms with Crippen molar-refractivity contribution in [1.29, 1.82) is 0 Å². The highest BCUT2D eigenvalue weighted by atomic mass is 32.2. The molecule has 2 aromatic rings. The molecule has 1 aromatic carbocycles. The molecule has 0 aliphatic rings. The van der Waals surface area contributed by atoms with Crippen LogP contribution in [0.2, 0.25) is 0 Å². The van der Waals surface area contributed by atoms with Crippen LogP contribution in [0.15, 0.2) is 42.1 Å². The Kier molecular flexibility index (Phi) is 5.08. The van der Waals surface area contributed by atoms with Gasteiger partial charge in [0.2, 0.25) is 10.3 Å². The minimum Gasteiger partial charge on any atom is -0.305 e. The van der Waals surface area contributed by atoms with Crippen LogP contribution in [0.3, 0.4) is 0 Å². The molecule has 8 heteroatoms. The molecule has 0 radical (unpaired) electrons. The van der Waals surface area contributed by atoms with E-state index >= 15 is 0 Å². The number of nitrogens with zero attached hydrogens (tertiary/aromatic N) is 2. The number of carbonyl (C=O) groups is 1. The molecule has 104 valence electrons. The van der Waals surface area contributed by atoms with Crippen LogP contribution in [0, 0.1) is 5.82 Å². The van der Waals surface area contributed by atoms with E-state index in [0.29, 0.717) is 16.0 Å². The molecule has 0 atom stereocenters. The summed E-state index contributed by atoms with van der Waals surface area (Å²) in [4.78, 5) is 15.8. The Balaban J connectivity index is 1.93. The van der Waals surface area contributed by atoms with E-state index < -0.39 is 11.8 Å². The summed E-state index contributed by atoms with van der Waals surface area (Å²) >= 11 is 2.47. The first-order chi connectivity index (χ1) is 9.69. The van der Waals surface area contributed by atoms with Crippen LogP contribution in [0.1, 0.15) is 0 Å². The van der Waals surface area contributed by atoms with Crippen molar-refractivity contribution in [3.8, 4) is 0 Å². The van der Waals surface area contributed by atoms with Crippen LogP contribution >= 0.6 is 23.3 Å². The first-order valence-electron chi connectivity index (χ1n) is 5.59. The van der Waals surface area contributed by atoms with Gasteiger partial charge < -0.3 is 5.32 Å². The maximum atomic E-state index is 13.4. The third kappa shape index (κ3) is 4.04. The number of hydrogen-bond donors (Lipinski definition) is 2. The van der Waals surface area contributed by atoms with Gasteiger partial charge in [0.25, 0.3) is 0 Å². The Morgan fingerprint density at radius 2 is 2.25 bits per heavy atom. The number of carbonyl (C=O) groups excluding carboxylic acids is 1. The highest BCUT2D eigenvalue weighted by Crippen LogP contribution is 2.20. The molecule has 0 aliphatic heterocycles. The average molecular weight is 310 g/mol. The van der Waals surface area contributed by atoms with Crippen LogP contribution in [0.25, 0.3) is 0 Å². The molecule has 0 saturated carbocycles. The van der Waals surface area contributed by atoms with Gasteiger partial charge >= 0.3 is 6.03 Å². The smallest absolute Gasteiger partial charge is 0.305 e. The molecule has 1 heterocycles. The molecular weight excluding hydrogens is 299 g/mol. The van der Waals surface area contributed by atoms with Gasteiger partial charge in [-0.15, -0.1) is 6.58 Å². The lowest BCUT2D eigenvalue weighted by molar-refractivity contribution is 0.262. The number of benzene rings is 1. The van der Waals surface area contributed by atoms with Crippen molar-refractivity contribution in [3.05, 3.63) is 42.7 Å². The van der Waals surface area contributed by atoms with Gasteiger partial charge in [-0.2, -0.15) is 9.36 Å². The second-order valence-corrected chi connectivity index (χ2v) is 5.28. The van der Waals surface area contributed by atoms with Gasteiger partial charge in [0.1, 0.15) is 5.82 Å². The maximum absolute atomic E-state index is 13.4. The molecular formula is C12H11FN4OS2. The quantitative estimate of drug-likeness (QED) is 0.654. The molecule has 1 aromatic heterocycles. The third-order valence-corrected chi connectivity index (χ3v) is 3.67. The molecule has 0 bridgehead atoms. The third-order valence-electron chi connectivity index (χ3n) is 2.08. The van der Waals surface area contributed by atoms with Gasteiger partial charge in [-0.3, -0.25) is 5.32 Å².